The first-order valence-corrected chi connectivity index (χ1v) is 6.96. The normalized spacial score (nSPS) is 28.8. The van der Waals surface area contributed by atoms with Crippen LogP contribution in [0, 0.1) is 0 Å². The van der Waals surface area contributed by atoms with Crippen LogP contribution < -0.4 is 9.42 Å². The van der Waals surface area contributed by atoms with Gasteiger partial charge in [-0.05, 0) is 24.1 Å². The Kier molecular flexibility index (Phi) is 1.77. The van der Waals surface area contributed by atoms with Crippen molar-refractivity contribution in [3.63, 3.8) is 0 Å². The Labute approximate surface area is 116 Å². The summed E-state index contributed by atoms with van der Waals surface area (Å²) in [7, 11) is 0. The minimum atomic E-state index is 0.104. The molecule has 0 N–H and O–H groups in total. The molecule has 2 aromatic rings. The number of para-hydroxylation sites is 1. The van der Waals surface area contributed by atoms with Gasteiger partial charge in [0.15, 0.2) is 0 Å². The van der Waals surface area contributed by atoms with Crippen LogP contribution in [-0.4, -0.2) is 15.8 Å². The first-order valence-electron chi connectivity index (χ1n) is 6.96. The monoisotopic (exact) mass is 264 g/mol. The SMILES string of the molecule is CC1C2=CC3c4ccccc4OC3C=C2n2cnc[n+]21. The van der Waals surface area contributed by atoms with Gasteiger partial charge in [-0.1, -0.05) is 24.3 Å². The van der Waals surface area contributed by atoms with Gasteiger partial charge in [-0.3, -0.25) is 0 Å². The van der Waals surface area contributed by atoms with Crippen molar-refractivity contribution in [3.8, 4) is 5.75 Å². The molecule has 3 heterocycles. The zero-order valence-electron chi connectivity index (χ0n) is 11.1. The number of hydrogen-bond acceptors (Lipinski definition) is 2. The third kappa shape index (κ3) is 1.12. The van der Waals surface area contributed by atoms with E-state index in [2.05, 4.69) is 51.6 Å². The Balaban J connectivity index is 1.69. The lowest BCUT2D eigenvalue weighted by molar-refractivity contribution is -0.769. The second-order valence-electron chi connectivity index (χ2n) is 5.60. The molecule has 3 aliphatic rings. The van der Waals surface area contributed by atoms with Crippen LogP contribution in [-0.2, 0) is 0 Å². The van der Waals surface area contributed by atoms with Gasteiger partial charge in [0.05, 0.1) is 5.70 Å². The zero-order chi connectivity index (χ0) is 13.3. The Morgan fingerprint density at radius 2 is 2.15 bits per heavy atom. The lowest BCUT2D eigenvalue weighted by Gasteiger charge is -2.19. The number of fused-ring (bicyclic) bond motifs is 6. The molecule has 5 rings (SSSR count). The summed E-state index contributed by atoms with van der Waals surface area (Å²) in [5.74, 6) is 1.35. The smallest absolute Gasteiger partial charge is 0.307 e. The summed E-state index contributed by atoms with van der Waals surface area (Å²) in [5, 5.41) is 0. The molecule has 98 valence electrons. The van der Waals surface area contributed by atoms with Crippen molar-refractivity contribution in [2.75, 3.05) is 0 Å². The topological polar surface area (TPSA) is 30.9 Å². The van der Waals surface area contributed by atoms with Gasteiger partial charge in [-0.25, -0.2) is 0 Å². The quantitative estimate of drug-likeness (QED) is 0.682. The fourth-order valence-corrected chi connectivity index (χ4v) is 3.57. The van der Waals surface area contributed by atoms with Crippen molar-refractivity contribution in [3.05, 3.63) is 60.2 Å². The summed E-state index contributed by atoms with van der Waals surface area (Å²) in [4.78, 5) is 4.23. The summed E-state index contributed by atoms with van der Waals surface area (Å²) in [6.45, 7) is 2.22. The van der Waals surface area contributed by atoms with Crippen LogP contribution >= 0.6 is 0 Å². The molecule has 3 unspecified atom stereocenters. The van der Waals surface area contributed by atoms with E-state index in [1.807, 2.05) is 18.7 Å². The fraction of sp³-hybridized carbons (Fsp3) is 0.250. The third-order valence-electron chi connectivity index (χ3n) is 4.58. The zero-order valence-corrected chi connectivity index (χ0v) is 11.1. The molecule has 1 aliphatic carbocycles. The highest BCUT2D eigenvalue weighted by Gasteiger charge is 2.42. The minimum absolute atomic E-state index is 0.104. The summed E-state index contributed by atoms with van der Waals surface area (Å²) < 4.78 is 10.3. The van der Waals surface area contributed by atoms with Crippen LogP contribution in [0.25, 0.3) is 5.70 Å². The van der Waals surface area contributed by atoms with Gasteiger partial charge in [-0.2, -0.15) is 0 Å². The molecule has 0 saturated carbocycles. The Bertz CT molecular complexity index is 787. The van der Waals surface area contributed by atoms with E-state index >= 15 is 0 Å². The lowest BCUT2D eigenvalue weighted by Crippen LogP contribution is -2.39. The Morgan fingerprint density at radius 3 is 3.10 bits per heavy atom. The summed E-state index contributed by atoms with van der Waals surface area (Å²) >= 11 is 0. The van der Waals surface area contributed by atoms with Crippen LogP contribution in [0.15, 0.2) is 54.6 Å². The second-order valence-corrected chi connectivity index (χ2v) is 5.60. The van der Waals surface area contributed by atoms with Crippen molar-refractivity contribution >= 4 is 5.70 Å². The maximum Gasteiger partial charge on any atom is 0.307 e. The molecule has 1 aromatic carbocycles. The first kappa shape index (κ1) is 10.4. The maximum atomic E-state index is 6.08. The number of allylic oxidation sites excluding steroid dienone is 2. The summed E-state index contributed by atoms with van der Waals surface area (Å²) in [6, 6.07) is 8.68. The molecule has 4 heteroatoms. The second kappa shape index (κ2) is 3.39. The molecule has 1 aromatic heterocycles. The molecular weight excluding hydrogens is 250 g/mol. The number of nitrogens with zero attached hydrogens (tertiary/aromatic N) is 3. The molecule has 3 atom stereocenters. The molecule has 0 saturated heterocycles. The van der Waals surface area contributed by atoms with Crippen molar-refractivity contribution in [2.24, 2.45) is 0 Å². The average Bonchev–Trinajstić information content (AvgIpc) is 3.13. The summed E-state index contributed by atoms with van der Waals surface area (Å²) in [5.41, 5.74) is 3.88. The molecule has 0 fully saturated rings. The van der Waals surface area contributed by atoms with Gasteiger partial charge in [0.2, 0.25) is 6.33 Å². The van der Waals surface area contributed by atoms with Crippen LogP contribution in [0.4, 0.5) is 0 Å². The van der Waals surface area contributed by atoms with E-state index in [4.69, 9.17) is 4.74 Å². The highest BCUT2D eigenvalue weighted by Crippen LogP contribution is 2.46. The predicted molar refractivity (Wildman–Crippen MR) is 73.1 cm³/mol. The standard InChI is InChI=1S/C16H14N3O/c1-10-12-6-13-11-4-2-3-5-15(11)20-16(13)7-14(12)19-9-17-8-18(10)19/h2-10,13,16H,1H3/q+1. The van der Waals surface area contributed by atoms with Crippen molar-refractivity contribution in [1.82, 2.24) is 9.67 Å². The first-order chi connectivity index (χ1) is 9.83. The highest BCUT2D eigenvalue weighted by atomic mass is 16.5. The van der Waals surface area contributed by atoms with E-state index in [9.17, 15) is 0 Å². The van der Waals surface area contributed by atoms with Crippen LogP contribution in [0.2, 0.25) is 0 Å². The third-order valence-corrected chi connectivity index (χ3v) is 4.58. The van der Waals surface area contributed by atoms with Crippen LogP contribution in [0.1, 0.15) is 24.4 Å². The molecule has 2 aliphatic heterocycles. The van der Waals surface area contributed by atoms with E-state index in [0.29, 0.717) is 12.0 Å². The highest BCUT2D eigenvalue weighted by molar-refractivity contribution is 5.70. The molecule has 0 amide bonds. The van der Waals surface area contributed by atoms with Crippen molar-refractivity contribution in [1.29, 1.82) is 0 Å². The van der Waals surface area contributed by atoms with Crippen LogP contribution in [0.3, 0.4) is 0 Å². The molecular formula is C16H14N3O+. The summed E-state index contributed by atoms with van der Waals surface area (Å²) in [6.07, 6.45) is 8.46. The van der Waals surface area contributed by atoms with E-state index in [0.717, 1.165) is 5.75 Å². The number of aromatic nitrogens is 3. The Morgan fingerprint density at radius 1 is 1.25 bits per heavy atom. The van der Waals surface area contributed by atoms with Gasteiger partial charge < -0.3 is 4.74 Å². The van der Waals surface area contributed by atoms with Crippen molar-refractivity contribution < 1.29 is 9.42 Å². The fourth-order valence-electron chi connectivity index (χ4n) is 3.57. The van der Waals surface area contributed by atoms with Crippen molar-refractivity contribution in [2.45, 2.75) is 25.0 Å². The van der Waals surface area contributed by atoms with Crippen LogP contribution in [0.5, 0.6) is 5.75 Å². The minimum Gasteiger partial charge on any atom is -0.485 e. The van der Waals surface area contributed by atoms with Gasteiger partial charge in [0.1, 0.15) is 17.9 Å². The maximum absolute atomic E-state index is 6.08. The van der Waals surface area contributed by atoms with Gasteiger partial charge in [0.25, 0.3) is 0 Å². The van der Waals surface area contributed by atoms with Gasteiger partial charge >= 0.3 is 6.33 Å². The molecule has 20 heavy (non-hydrogen) atoms. The number of ether oxygens (including phenoxy) is 1. The number of hydrogen-bond donors (Lipinski definition) is 0. The lowest BCUT2D eigenvalue weighted by atomic mass is 9.86. The average molecular weight is 264 g/mol. The molecule has 4 nitrogen and oxygen atoms in total. The molecule has 0 bridgehead atoms. The molecule has 0 spiro atoms. The Hall–Kier alpha value is -2.36. The molecule has 0 radical (unpaired) electrons. The number of benzene rings is 1. The van der Waals surface area contributed by atoms with E-state index < -0.39 is 0 Å². The predicted octanol–water partition coefficient (Wildman–Crippen LogP) is 2.07. The largest absolute Gasteiger partial charge is 0.485 e. The van der Waals surface area contributed by atoms with Gasteiger partial charge in [-0.15, -0.1) is 9.36 Å². The van der Waals surface area contributed by atoms with E-state index in [1.54, 1.807) is 0 Å². The van der Waals surface area contributed by atoms with Gasteiger partial charge in [0, 0.05) is 17.1 Å². The van der Waals surface area contributed by atoms with E-state index in [1.165, 1.54) is 16.8 Å². The number of rotatable bonds is 0. The van der Waals surface area contributed by atoms with E-state index in [-0.39, 0.29) is 6.10 Å².